The lowest BCUT2D eigenvalue weighted by Crippen LogP contribution is -2.34. The van der Waals surface area contributed by atoms with Crippen LogP contribution in [0.15, 0.2) is 72.9 Å². The molecule has 0 radical (unpaired) electrons. The predicted octanol–water partition coefficient (Wildman–Crippen LogP) is 11.7. The molecule has 0 saturated carbocycles. The molecule has 12 heteroatoms. The highest BCUT2D eigenvalue weighted by atomic mass is 31.2. The Morgan fingerprint density at radius 2 is 0.948 bits per heavy atom. The third-order valence-corrected chi connectivity index (χ3v) is 9.89. The molecule has 1 unspecified atom stereocenters. The average molecular weight is 836 g/mol. The minimum atomic E-state index is -4.74. The Morgan fingerprint density at radius 3 is 1.48 bits per heavy atom. The fraction of sp³-hybridized carbons (Fsp3) is 0.674. The van der Waals surface area contributed by atoms with Gasteiger partial charge in [-0.15, -0.1) is 0 Å². The first kappa shape index (κ1) is 54.9. The zero-order chi connectivity index (χ0) is 42.8. The number of carbonyl (C=O) groups excluding carboxylic acids is 2. The number of unbranched alkanes of at least 4 members (excludes halogenated alkanes) is 14. The Morgan fingerprint density at radius 1 is 0.534 bits per heavy atom. The molecule has 58 heavy (non-hydrogen) atoms. The first-order chi connectivity index (χ1) is 28.1. The summed E-state index contributed by atoms with van der Waals surface area (Å²) in [6.45, 7) is 2.67. The summed E-state index contributed by atoms with van der Waals surface area (Å²) < 4.78 is 32.6. The topological polar surface area (TPSA) is 172 Å². The van der Waals surface area contributed by atoms with E-state index in [-0.39, 0.29) is 12.8 Å². The number of phosphoric ester groups is 1. The van der Waals surface area contributed by atoms with Gasteiger partial charge in [0.15, 0.2) is 6.10 Å². The van der Waals surface area contributed by atoms with Gasteiger partial charge in [-0.2, -0.15) is 0 Å². The van der Waals surface area contributed by atoms with Crippen molar-refractivity contribution in [3.63, 3.8) is 0 Å². The summed E-state index contributed by atoms with van der Waals surface area (Å²) in [7, 11) is -4.74. The molecular formula is C46H78NO10P. The lowest BCUT2D eigenvalue weighted by Gasteiger charge is -2.20. The molecule has 0 spiro atoms. The number of carbonyl (C=O) groups is 3. The number of nitrogens with two attached hydrogens (primary N) is 1. The van der Waals surface area contributed by atoms with Crippen molar-refractivity contribution >= 4 is 25.7 Å². The summed E-state index contributed by atoms with van der Waals surface area (Å²) in [6.07, 6.45) is 48.3. The van der Waals surface area contributed by atoms with Crippen molar-refractivity contribution in [3.05, 3.63) is 72.9 Å². The van der Waals surface area contributed by atoms with Crippen LogP contribution in [0.2, 0.25) is 0 Å². The van der Waals surface area contributed by atoms with E-state index in [2.05, 4.69) is 79.1 Å². The Balaban J connectivity index is 4.50. The van der Waals surface area contributed by atoms with E-state index in [4.69, 9.17) is 24.8 Å². The first-order valence-electron chi connectivity index (χ1n) is 22.0. The van der Waals surface area contributed by atoms with Gasteiger partial charge in [0.05, 0.1) is 13.2 Å². The van der Waals surface area contributed by atoms with Crippen LogP contribution in [0.5, 0.6) is 0 Å². The lowest BCUT2D eigenvalue weighted by molar-refractivity contribution is -0.161. The van der Waals surface area contributed by atoms with Gasteiger partial charge in [-0.05, 0) is 77.0 Å². The van der Waals surface area contributed by atoms with Crippen molar-refractivity contribution in [1.82, 2.24) is 0 Å². The average Bonchev–Trinajstić information content (AvgIpc) is 3.20. The van der Waals surface area contributed by atoms with E-state index in [1.54, 1.807) is 0 Å². The van der Waals surface area contributed by atoms with Crippen LogP contribution >= 0.6 is 7.82 Å². The Kier molecular flexibility index (Phi) is 38.5. The van der Waals surface area contributed by atoms with Crippen molar-refractivity contribution in [2.45, 2.75) is 180 Å². The molecule has 0 aromatic rings. The minimum absolute atomic E-state index is 0.0935. The van der Waals surface area contributed by atoms with Crippen LogP contribution in [0.3, 0.4) is 0 Å². The molecule has 0 amide bonds. The van der Waals surface area contributed by atoms with Crippen LogP contribution in [0.25, 0.3) is 0 Å². The standard InChI is InChI=1S/C46H78NO10P/c1-3-5-7-9-11-13-15-17-19-20-21-22-24-25-27-29-31-33-35-37-44(48)54-39-42(40-55-58(52,53)56-41-43(47)46(50)51)57-45(49)38-36-34-32-30-28-26-23-18-16-14-12-10-8-6-4-2/h11,13,17-19,21-23,25,27,31,33,42-43H,3-10,12,14-16,20,24,26,28-30,32,34-41,47H2,1-2H3,(H,50,51)(H,52,53)/b13-11-,19-17-,22-21-,23-18-,27-25-,33-31-/t42-,43+/m1/s1. The molecule has 332 valence electrons. The fourth-order valence-corrected chi connectivity index (χ4v) is 6.23. The van der Waals surface area contributed by atoms with Crippen LogP contribution in [0.4, 0.5) is 0 Å². The number of allylic oxidation sites excluding steroid dienone is 12. The van der Waals surface area contributed by atoms with E-state index in [1.807, 2.05) is 12.2 Å². The molecule has 0 saturated heterocycles. The van der Waals surface area contributed by atoms with Gasteiger partial charge in [-0.1, -0.05) is 151 Å². The smallest absolute Gasteiger partial charge is 0.472 e. The Bertz CT molecular complexity index is 1260. The highest BCUT2D eigenvalue weighted by Crippen LogP contribution is 2.43. The van der Waals surface area contributed by atoms with E-state index in [0.29, 0.717) is 12.8 Å². The highest BCUT2D eigenvalue weighted by Gasteiger charge is 2.28. The van der Waals surface area contributed by atoms with Gasteiger partial charge in [0.25, 0.3) is 0 Å². The molecule has 0 aromatic heterocycles. The van der Waals surface area contributed by atoms with Gasteiger partial charge in [0, 0.05) is 12.8 Å². The SMILES string of the molecule is CCCCC/C=C\C/C=C\C/C=C\C/C=C\C/C=C\CCC(=O)OC[C@H](COP(=O)(O)OC[C@H](N)C(=O)O)OC(=O)CCCCCCC/C=C\CCCCCCCC. The maximum Gasteiger partial charge on any atom is 0.472 e. The third-order valence-electron chi connectivity index (χ3n) is 8.94. The Labute approximate surface area is 350 Å². The molecule has 0 aromatic carbocycles. The molecule has 0 aliphatic heterocycles. The molecule has 0 rings (SSSR count). The number of hydrogen-bond acceptors (Lipinski definition) is 9. The van der Waals surface area contributed by atoms with E-state index in [0.717, 1.165) is 64.2 Å². The highest BCUT2D eigenvalue weighted by molar-refractivity contribution is 7.47. The van der Waals surface area contributed by atoms with Crippen molar-refractivity contribution < 1.29 is 47.5 Å². The molecule has 3 atom stereocenters. The number of rotatable bonds is 40. The van der Waals surface area contributed by atoms with Gasteiger partial charge in [0.1, 0.15) is 12.6 Å². The fourth-order valence-electron chi connectivity index (χ4n) is 5.45. The number of ether oxygens (including phenoxy) is 2. The van der Waals surface area contributed by atoms with Gasteiger partial charge < -0.3 is 25.2 Å². The number of aliphatic carboxylic acids is 1. The Hall–Kier alpha value is -3.08. The summed E-state index contributed by atoms with van der Waals surface area (Å²) in [5.41, 5.74) is 5.33. The number of esters is 2. The van der Waals surface area contributed by atoms with Crippen molar-refractivity contribution in [2.24, 2.45) is 5.73 Å². The van der Waals surface area contributed by atoms with Crippen LogP contribution in [-0.2, 0) is 37.5 Å². The second-order valence-corrected chi connectivity index (χ2v) is 15.9. The number of hydrogen-bond donors (Lipinski definition) is 3. The van der Waals surface area contributed by atoms with Crippen LogP contribution < -0.4 is 5.73 Å². The van der Waals surface area contributed by atoms with Crippen molar-refractivity contribution in [3.8, 4) is 0 Å². The first-order valence-corrected chi connectivity index (χ1v) is 23.5. The summed E-state index contributed by atoms with van der Waals surface area (Å²) in [5, 5.41) is 8.89. The van der Waals surface area contributed by atoms with E-state index >= 15 is 0 Å². The molecular weight excluding hydrogens is 757 g/mol. The second-order valence-electron chi connectivity index (χ2n) is 14.5. The second kappa shape index (κ2) is 40.7. The van der Waals surface area contributed by atoms with Gasteiger partial charge >= 0.3 is 25.7 Å². The summed E-state index contributed by atoms with van der Waals surface area (Å²) >= 11 is 0. The van der Waals surface area contributed by atoms with Crippen molar-refractivity contribution in [1.29, 1.82) is 0 Å². The molecule has 0 aliphatic rings. The van der Waals surface area contributed by atoms with Crippen LogP contribution in [0, 0.1) is 0 Å². The lowest BCUT2D eigenvalue weighted by atomic mass is 10.1. The monoisotopic (exact) mass is 836 g/mol. The normalized spacial score (nSPS) is 14.4. The molecule has 0 bridgehead atoms. The number of carboxylic acid groups (broad SMARTS) is 1. The van der Waals surface area contributed by atoms with Crippen LogP contribution in [0.1, 0.15) is 168 Å². The maximum absolute atomic E-state index is 12.6. The quantitative estimate of drug-likeness (QED) is 0.0232. The zero-order valence-electron chi connectivity index (χ0n) is 35.9. The van der Waals surface area contributed by atoms with Gasteiger partial charge in [-0.25, -0.2) is 4.57 Å². The van der Waals surface area contributed by atoms with Crippen LogP contribution in [-0.4, -0.2) is 59.9 Å². The van der Waals surface area contributed by atoms with E-state index < -0.39 is 57.7 Å². The predicted molar refractivity (Wildman–Crippen MR) is 235 cm³/mol. The molecule has 4 N–H and O–H groups in total. The molecule has 11 nitrogen and oxygen atoms in total. The largest absolute Gasteiger partial charge is 0.480 e. The van der Waals surface area contributed by atoms with E-state index in [9.17, 15) is 23.8 Å². The van der Waals surface area contributed by atoms with Gasteiger partial charge in [0.2, 0.25) is 0 Å². The van der Waals surface area contributed by atoms with Crippen molar-refractivity contribution in [2.75, 3.05) is 19.8 Å². The number of phosphoric acid groups is 1. The molecule has 0 fully saturated rings. The third kappa shape index (κ3) is 39.7. The summed E-state index contributed by atoms with van der Waals surface area (Å²) in [5.74, 6) is -2.50. The minimum Gasteiger partial charge on any atom is -0.480 e. The molecule has 0 aliphatic carbocycles. The number of carboxylic acids is 1. The summed E-state index contributed by atoms with van der Waals surface area (Å²) in [6, 6.07) is -1.53. The zero-order valence-corrected chi connectivity index (χ0v) is 36.8. The summed E-state index contributed by atoms with van der Waals surface area (Å²) in [4.78, 5) is 45.9. The molecule has 0 heterocycles. The van der Waals surface area contributed by atoms with Gasteiger partial charge in [-0.3, -0.25) is 23.4 Å². The van der Waals surface area contributed by atoms with E-state index in [1.165, 1.54) is 64.2 Å². The maximum atomic E-state index is 12.6.